The van der Waals surface area contributed by atoms with Crippen LogP contribution in [0.15, 0.2) is 42.7 Å². The average molecular weight is 203 g/mol. The zero-order valence-corrected chi connectivity index (χ0v) is 8.02. The fourth-order valence-corrected chi connectivity index (χ4v) is 1.50. The molecule has 3 heteroatoms. The van der Waals surface area contributed by atoms with E-state index < -0.39 is 5.83 Å². The van der Waals surface area contributed by atoms with E-state index >= 15 is 0 Å². The fourth-order valence-electron chi connectivity index (χ4n) is 1.50. The van der Waals surface area contributed by atoms with Crippen molar-refractivity contribution >= 4 is 16.6 Å². The highest BCUT2D eigenvalue weighted by Crippen LogP contribution is 2.24. The number of hydrogen-bond donors (Lipinski definition) is 1. The second kappa shape index (κ2) is 4.19. The van der Waals surface area contributed by atoms with E-state index in [1.54, 1.807) is 6.20 Å². The van der Waals surface area contributed by atoms with Crippen LogP contribution < -0.4 is 0 Å². The predicted molar refractivity (Wildman–Crippen MR) is 57.9 cm³/mol. The Morgan fingerprint density at radius 2 is 2.13 bits per heavy atom. The number of benzene rings is 1. The number of fused-ring (bicyclic) bond motifs is 1. The lowest BCUT2D eigenvalue weighted by Gasteiger charge is -2.02. The highest BCUT2D eigenvalue weighted by atomic mass is 19.1. The van der Waals surface area contributed by atoms with E-state index in [0.29, 0.717) is 5.56 Å². The standard InChI is InChI=1S/C12H10FNO/c13-12(5-6-15)11-8-14-7-9-3-1-2-4-10(9)11/h1-5,7-8,15H,6H2. The van der Waals surface area contributed by atoms with Crippen molar-refractivity contribution in [3.8, 4) is 0 Å². The minimum absolute atomic E-state index is 0.310. The van der Waals surface area contributed by atoms with Gasteiger partial charge in [0, 0.05) is 23.3 Å². The molecule has 0 spiro atoms. The van der Waals surface area contributed by atoms with Gasteiger partial charge in [-0.05, 0) is 11.5 Å². The first-order valence-corrected chi connectivity index (χ1v) is 4.62. The quantitative estimate of drug-likeness (QED) is 0.813. The van der Waals surface area contributed by atoms with Gasteiger partial charge in [-0.2, -0.15) is 0 Å². The van der Waals surface area contributed by atoms with Crippen molar-refractivity contribution in [2.45, 2.75) is 0 Å². The molecular weight excluding hydrogens is 193 g/mol. The van der Waals surface area contributed by atoms with Crippen molar-refractivity contribution in [3.05, 3.63) is 48.3 Å². The Morgan fingerprint density at radius 1 is 1.33 bits per heavy atom. The molecule has 15 heavy (non-hydrogen) atoms. The Labute approximate surface area is 86.7 Å². The maximum Gasteiger partial charge on any atom is 0.130 e. The molecule has 0 aliphatic heterocycles. The Hall–Kier alpha value is -1.74. The molecule has 0 saturated carbocycles. The zero-order chi connectivity index (χ0) is 10.7. The van der Waals surface area contributed by atoms with Crippen LogP contribution in [-0.2, 0) is 0 Å². The number of aliphatic hydroxyl groups excluding tert-OH is 1. The molecule has 0 radical (unpaired) electrons. The molecule has 1 N–H and O–H groups in total. The number of pyridine rings is 1. The fraction of sp³-hybridized carbons (Fsp3) is 0.0833. The summed E-state index contributed by atoms with van der Waals surface area (Å²) in [5.41, 5.74) is 0.419. The molecule has 0 saturated heterocycles. The minimum atomic E-state index is -0.443. The van der Waals surface area contributed by atoms with Gasteiger partial charge in [-0.15, -0.1) is 0 Å². The summed E-state index contributed by atoms with van der Waals surface area (Å²) in [4.78, 5) is 3.95. The summed E-state index contributed by atoms with van der Waals surface area (Å²) in [6, 6.07) is 7.43. The van der Waals surface area contributed by atoms with Gasteiger partial charge < -0.3 is 5.11 Å². The normalized spacial score (nSPS) is 12.0. The summed E-state index contributed by atoms with van der Waals surface area (Å²) in [6.45, 7) is -0.310. The van der Waals surface area contributed by atoms with Gasteiger partial charge >= 0.3 is 0 Å². The van der Waals surface area contributed by atoms with Crippen LogP contribution in [0, 0.1) is 0 Å². The summed E-state index contributed by atoms with van der Waals surface area (Å²) in [5.74, 6) is -0.443. The van der Waals surface area contributed by atoms with E-state index in [-0.39, 0.29) is 6.61 Å². The van der Waals surface area contributed by atoms with Crippen LogP contribution in [0.2, 0.25) is 0 Å². The summed E-state index contributed by atoms with van der Waals surface area (Å²) in [5, 5.41) is 10.3. The van der Waals surface area contributed by atoms with Crippen molar-refractivity contribution in [1.29, 1.82) is 0 Å². The highest BCUT2D eigenvalue weighted by molar-refractivity contribution is 5.91. The molecule has 1 aromatic carbocycles. The van der Waals surface area contributed by atoms with Crippen LogP contribution in [0.25, 0.3) is 16.6 Å². The number of hydrogen-bond acceptors (Lipinski definition) is 2. The van der Waals surface area contributed by atoms with Crippen LogP contribution in [0.4, 0.5) is 4.39 Å². The highest BCUT2D eigenvalue weighted by Gasteiger charge is 2.05. The molecule has 2 nitrogen and oxygen atoms in total. The van der Waals surface area contributed by atoms with Crippen molar-refractivity contribution in [3.63, 3.8) is 0 Å². The topological polar surface area (TPSA) is 33.1 Å². The van der Waals surface area contributed by atoms with Crippen LogP contribution in [0.5, 0.6) is 0 Å². The Bertz CT molecular complexity index is 502. The largest absolute Gasteiger partial charge is 0.392 e. The molecule has 2 rings (SSSR count). The van der Waals surface area contributed by atoms with E-state index in [1.807, 2.05) is 24.3 Å². The van der Waals surface area contributed by atoms with Crippen molar-refractivity contribution in [1.82, 2.24) is 4.98 Å². The predicted octanol–water partition coefficient (Wildman–Crippen LogP) is 2.54. The van der Waals surface area contributed by atoms with E-state index in [1.165, 1.54) is 6.20 Å². The van der Waals surface area contributed by atoms with E-state index in [2.05, 4.69) is 4.98 Å². The van der Waals surface area contributed by atoms with Crippen molar-refractivity contribution in [2.75, 3.05) is 6.61 Å². The van der Waals surface area contributed by atoms with Crippen LogP contribution in [-0.4, -0.2) is 16.7 Å². The van der Waals surface area contributed by atoms with Gasteiger partial charge in [-0.1, -0.05) is 24.3 Å². The third-order valence-electron chi connectivity index (χ3n) is 2.20. The lowest BCUT2D eigenvalue weighted by atomic mass is 10.1. The SMILES string of the molecule is OCC=C(F)c1cncc2ccccc12. The van der Waals surface area contributed by atoms with Gasteiger partial charge in [-0.25, -0.2) is 4.39 Å². The lowest BCUT2D eigenvalue weighted by Crippen LogP contribution is -1.86. The molecule has 0 amide bonds. The Kier molecular flexibility index (Phi) is 2.74. The summed E-state index contributed by atoms with van der Waals surface area (Å²) < 4.78 is 13.5. The molecule has 0 aliphatic rings. The van der Waals surface area contributed by atoms with Gasteiger partial charge in [0.1, 0.15) is 5.83 Å². The summed E-state index contributed by atoms with van der Waals surface area (Å²) >= 11 is 0. The number of aromatic nitrogens is 1. The van der Waals surface area contributed by atoms with Gasteiger partial charge in [0.2, 0.25) is 0 Å². The average Bonchev–Trinajstić information content (AvgIpc) is 2.28. The zero-order valence-electron chi connectivity index (χ0n) is 8.02. The summed E-state index contributed by atoms with van der Waals surface area (Å²) in [6.07, 6.45) is 4.28. The smallest absolute Gasteiger partial charge is 0.130 e. The molecule has 0 fully saturated rings. The molecule has 1 aromatic heterocycles. The van der Waals surface area contributed by atoms with E-state index in [9.17, 15) is 4.39 Å². The second-order valence-corrected chi connectivity index (χ2v) is 3.14. The molecule has 2 aromatic rings. The van der Waals surface area contributed by atoms with E-state index in [4.69, 9.17) is 5.11 Å². The molecule has 76 valence electrons. The van der Waals surface area contributed by atoms with E-state index in [0.717, 1.165) is 16.8 Å². The van der Waals surface area contributed by atoms with Gasteiger partial charge in [0.05, 0.1) is 6.61 Å². The number of nitrogens with zero attached hydrogens (tertiary/aromatic N) is 1. The molecule has 0 bridgehead atoms. The first kappa shape index (κ1) is 9.80. The maximum atomic E-state index is 13.5. The molecule has 0 atom stereocenters. The third kappa shape index (κ3) is 1.87. The molecular formula is C12H10FNO. The van der Waals surface area contributed by atoms with Crippen LogP contribution in [0.3, 0.4) is 0 Å². The number of rotatable bonds is 2. The molecule has 0 unspecified atom stereocenters. The lowest BCUT2D eigenvalue weighted by molar-refractivity contribution is 0.342. The van der Waals surface area contributed by atoms with Crippen molar-refractivity contribution < 1.29 is 9.50 Å². The Balaban J connectivity index is 2.66. The second-order valence-electron chi connectivity index (χ2n) is 3.14. The molecule has 1 heterocycles. The first-order valence-electron chi connectivity index (χ1n) is 4.62. The first-order chi connectivity index (χ1) is 7.33. The maximum absolute atomic E-state index is 13.5. The number of halogens is 1. The Morgan fingerprint density at radius 3 is 2.93 bits per heavy atom. The van der Waals surface area contributed by atoms with Crippen molar-refractivity contribution in [2.24, 2.45) is 0 Å². The third-order valence-corrected chi connectivity index (χ3v) is 2.20. The van der Waals surface area contributed by atoms with Crippen LogP contribution in [0.1, 0.15) is 5.56 Å². The molecule has 0 aliphatic carbocycles. The van der Waals surface area contributed by atoms with Crippen LogP contribution >= 0.6 is 0 Å². The van der Waals surface area contributed by atoms with Gasteiger partial charge in [0.15, 0.2) is 0 Å². The minimum Gasteiger partial charge on any atom is -0.392 e. The van der Waals surface area contributed by atoms with Gasteiger partial charge in [-0.3, -0.25) is 4.98 Å². The van der Waals surface area contributed by atoms with Gasteiger partial charge in [0.25, 0.3) is 0 Å². The monoisotopic (exact) mass is 203 g/mol. The summed E-state index contributed by atoms with van der Waals surface area (Å²) in [7, 11) is 0. The number of aliphatic hydroxyl groups is 1.